The van der Waals surface area contributed by atoms with Crippen molar-refractivity contribution in [3.8, 4) is 0 Å². The van der Waals surface area contributed by atoms with Crippen LogP contribution in [0.3, 0.4) is 0 Å². The first-order valence-electron chi connectivity index (χ1n) is 6.44. The van der Waals surface area contributed by atoms with Gasteiger partial charge >= 0.3 is 0 Å². The van der Waals surface area contributed by atoms with Crippen LogP contribution in [0.15, 0.2) is 18.3 Å². The SMILES string of the molecule is Nc1ccc(CN2CCN3C(=O)CCC3C2)cn1. The molecule has 2 aliphatic rings. The summed E-state index contributed by atoms with van der Waals surface area (Å²) in [5.41, 5.74) is 6.76. The third-order valence-corrected chi connectivity index (χ3v) is 3.83. The van der Waals surface area contributed by atoms with Crippen LogP contribution >= 0.6 is 0 Å². The molecule has 1 aromatic rings. The van der Waals surface area contributed by atoms with E-state index in [-0.39, 0.29) is 0 Å². The van der Waals surface area contributed by atoms with Gasteiger partial charge in [0.15, 0.2) is 0 Å². The Balaban J connectivity index is 1.62. The third kappa shape index (κ3) is 2.18. The molecule has 5 nitrogen and oxygen atoms in total. The number of amides is 1. The van der Waals surface area contributed by atoms with E-state index in [0.717, 1.165) is 39.0 Å². The Morgan fingerprint density at radius 1 is 1.39 bits per heavy atom. The summed E-state index contributed by atoms with van der Waals surface area (Å²) in [5, 5.41) is 0. The fourth-order valence-corrected chi connectivity index (χ4v) is 2.86. The van der Waals surface area contributed by atoms with Crippen LogP contribution in [0.2, 0.25) is 0 Å². The average molecular weight is 246 g/mol. The number of hydrogen-bond donors (Lipinski definition) is 1. The smallest absolute Gasteiger partial charge is 0.222 e. The second-order valence-electron chi connectivity index (χ2n) is 5.11. The summed E-state index contributed by atoms with van der Waals surface area (Å²) in [7, 11) is 0. The van der Waals surface area contributed by atoms with Crippen LogP contribution in [0.25, 0.3) is 0 Å². The molecule has 18 heavy (non-hydrogen) atoms. The van der Waals surface area contributed by atoms with Crippen LogP contribution < -0.4 is 5.73 Å². The molecule has 0 aromatic carbocycles. The number of nitrogen functional groups attached to an aromatic ring is 1. The lowest BCUT2D eigenvalue weighted by molar-refractivity contribution is -0.130. The normalized spacial score (nSPS) is 24.3. The van der Waals surface area contributed by atoms with Crippen LogP contribution in [0.4, 0.5) is 5.82 Å². The van der Waals surface area contributed by atoms with Gasteiger partial charge in [-0.3, -0.25) is 9.69 Å². The van der Waals surface area contributed by atoms with E-state index in [1.807, 2.05) is 23.2 Å². The van der Waals surface area contributed by atoms with Crippen molar-refractivity contribution in [2.45, 2.75) is 25.4 Å². The molecule has 0 saturated carbocycles. The van der Waals surface area contributed by atoms with Gasteiger partial charge in [0.1, 0.15) is 5.82 Å². The number of rotatable bonds is 2. The molecule has 1 aromatic heterocycles. The zero-order chi connectivity index (χ0) is 12.5. The summed E-state index contributed by atoms with van der Waals surface area (Å²) in [6.07, 6.45) is 3.57. The zero-order valence-electron chi connectivity index (χ0n) is 10.4. The van der Waals surface area contributed by atoms with Crippen molar-refractivity contribution in [3.63, 3.8) is 0 Å². The Labute approximate surface area is 107 Å². The lowest BCUT2D eigenvalue weighted by atomic mass is 10.1. The topological polar surface area (TPSA) is 62.5 Å². The molecule has 2 N–H and O–H groups in total. The quantitative estimate of drug-likeness (QED) is 0.824. The van der Waals surface area contributed by atoms with Gasteiger partial charge in [0.25, 0.3) is 0 Å². The highest BCUT2D eigenvalue weighted by Gasteiger charge is 2.35. The zero-order valence-corrected chi connectivity index (χ0v) is 10.4. The number of anilines is 1. The Bertz CT molecular complexity index is 445. The number of pyridine rings is 1. The van der Waals surface area contributed by atoms with Gasteiger partial charge in [-0.15, -0.1) is 0 Å². The first-order valence-corrected chi connectivity index (χ1v) is 6.44. The summed E-state index contributed by atoms with van der Waals surface area (Å²) < 4.78 is 0. The molecule has 2 saturated heterocycles. The molecule has 2 aliphatic heterocycles. The molecule has 1 amide bonds. The summed E-state index contributed by atoms with van der Waals surface area (Å²) in [6, 6.07) is 4.28. The summed E-state index contributed by atoms with van der Waals surface area (Å²) in [4.78, 5) is 20.1. The molecule has 2 fully saturated rings. The number of hydrogen-bond acceptors (Lipinski definition) is 4. The van der Waals surface area contributed by atoms with E-state index in [2.05, 4.69) is 9.88 Å². The molecule has 0 spiro atoms. The number of aromatic nitrogens is 1. The lowest BCUT2D eigenvalue weighted by Gasteiger charge is -2.37. The minimum Gasteiger partial charge on any atom is -0.384 e. The fourth-order valence-electron chi connectivity index (χ4n) is 2.86. The predicted molar refractivity (Wildman–Crippen MR) is 68.7 cm³/mol. The highest BCUT2D eigenvalue weighted by molar-refractivity contribution is 5.78. The number of fused-ring (bicyclic) bond motifs is 1. The minimum absolute atomic E-state index is 0.328. The molecule has 96 valence electrons. The molecule has 5 heteroatoms. The van der Waals surface area contributed by atoms with Gasteiger partial charge in [0.2, 0.25) is 5.91 Å². The van der Waals surface area contributed by atoms with Gasteiger partial charge in [-0.2, -0.15) is 0 Å². The van der Waals surface area contributed by atoms with Gasteiger partial charge in [0.05, 0.1) is 0 Å². The standard InChI is InChI=1S/C13H18N4O/c14-12-3-1-10(7-15-12)8-16-5-6-17-11(9-16)2-4-13(17)18/h1,3,7,11H,2,4-6,8-9H2,(H2,14,15). The largest absolute Gasteiger partial charge is 0.384 e. The van der Waals surface area contributed by atoms with Crippen molar-refractivity contribution in [2.75, 3.05) is 25.4 Å². The van der Waals surface area contributed by atoms with E-state index in [0.29, 0.717) is 17.8 Å². The molecule has 0 aliphatic carbocycles. The number of carbonyl (C=O) groups is 1. The van der Waals surface area contributed by atoms with Crippen molar-refractivity contribution < 1.29 is 4.79 Å². The minimum atomic E-state index is 0.328. The van der Waals surface area contributed by atoms with Crippen LogP contribution in [0, 0.1) is 0 Å². The predicted octanol–water partition coefficient (Wildman–Crippen LogP) is 0.470. The van der Waals surface area contributed by atoms with Gasteiger partial charge in [-0.1, -0.05) is 6.07 Å². The first kappa shape index (κ1) is 11.5. The van der Waals surface area contributed by atoms with E-state index >= 15 is 0 Å². The Kier molecular flexibility index (Phi) is 2.91. The number of piperazine rings is 1. The van der Waals surface area contributed by atoms with E-state index in [1.165, 1.54) is 5.56 Å². The Morgan fingerprint density at radius 3 is 3.06 bits per heavy atom. The molecular formula is C13H18N4O. The van der Waals surface area contributed by atoms with Crippen molar-refractivity contribution >= 4 is 11.7 Å². The summed E-state index contributed by atoms with van der Waals surface area (Å²) >= 11 is 0. The van der Waals surface area contributed by atoms with E-state index in [4.69, 9.17) is 5.73 Å². The number of nitrogens with zero attached hydrogens (tertiary/aromatic N) is 3. The van der Waals surface area contributed by atoms with Crippen molar-refractivity contribution in [1.29, 1.82) is 0 Å². The fraction of sp³-hybridized carbons (Fsp3) is 0.538. The average Bonchev–Trinajstić information content (AvgIpc) is 2.74. The van der Waals surface area contributed by atoms with Crippen LogP contribution in [-0.4, -0.2) is 46.4 Å². The lowest BCUT2D eigenvalue weighted by Crippen LogP contribution is -2.50. The molecule has 1 unspecified atom stereocenters. The Morgan fingerprint density at radius 2 is 2.28 bits per heavy atom. The molecule has 0 bridgehead atoms. The Hall–Kier alpha value is -1.62. The third-order valence-electron chi connectivity index (χ3n) is 3.83. The van der Waals surface area contributed by atoms with E-state index < -0.39 is 0 Å². The van der Waals surface area contributed by atoms with Gasteiger partial charge in [0, 0.05) is 44.8 Å². The highest BCUT2D eigenvalue weighted by atomic mass is 16.2. The maximum Gasteiger partial charge on any atom is 0.222 e. The monoisotopic (exact) mass is 246 g/mol. The highest BCUT2D eigenvalue weighted by Crippen LogP contribution is 2.23. The van der Waals surface area contributed by atoms with E-state index in [9.17, 15) is 4.79 Å². The first-order chi connectivity index (χ1) is 8.72. The van der Waals surface area contributed by atoms with Crippen LogP contribution in [0.5, 0.6) is 0 Å². The number of carbonyl (C=O) groups excluding carboxylic acids is 1. The van der Waals surface area contributed by atoms with Gasteiger partial charge in [-0.05, 0) is 18.1 Å². The molecule has 1 atom stereocenters. The maximum atomic E-state index is 11.6. The molecule has 3 rings (SSSR count). The van der Waals surface area contributed by atoms with Crippen molar-refractivity contribution in [1.82, 2.24) is 14.8 Å². The molecule has 3 heterocycles. The van der Waals surface area contributed by atoms with Crippen molar-refractivity contribution in [2.24, 2.45) is 0 Å². The van der Waals surface area contributed by atoms with E-state index in [1.54, 1.807) is 0 Å². The van der Waals surface area contributed by atoms with Gasteiger partial charge < -0.3 is 10.6 Å². The van der Waals surface area contributed by atoms with Crippen LogP contribution in [-0.2, 0) is 11.3 Å². The second kappa shape index (κ2) is 4.57. The summed E-state index contributed by atoms with van der Waals surface area (Å²) in [6.45, 7) is 3.69. The number of nitrogens with two attached hydrogens (primary N) is 1. The van der Waals surface area contributed by atoms with Crippen LogP contribution in [0.1, 0.15) is 18.4 Å². The maximum absolute atomic E-state index is 11.6. The summed E-state index contributed by atoms with van der Waals surface area (Å²) in [5.74, 6) is 0.888. The molecular weight excluding hydrogens is 228 g/mol. The molecule has 0 radical (unpaired) electrons. The van der Waals surface area contributed by atoms with Gasteiger partial charge in [-0.25, -0.2) is 4.98 Å². The van der Waals surface area contributed by atoms with Crippen molar-refractivity contribution in [3.05, 3.63) is 23.9 Å². The second-order valence-corrected chi connectivity index (χ2v) is 5.11.